The van der Waals surface area contributed by atoms with E-state index < -0.39 is 0 Å². The minimum Gasteiger partial charge on any atom is -0.348 e. The fourth-order valence-electron chi connectivity index (χ4n) is 4.77. The smallest absolute Gasteiger partial charge is 0.251 e. The monoisotopic (exact) mass is 455 g/mol. The van der Waals surface area contributed by atoms with Crippen LogP contribution in [-0.4, -0.2) is 47.3 Å². The number of pyridine rings is 1. The van der Waals surface area contributed by atoms with Gasteiger partial charge >= 0.3 is 0 Å². The number of aromatic nitrogens is 1. The van der Waals surface area contributed by atoms with E-state index in [9.17, 15) is 9.59 Å². The summed E-state index contributed by atoms with van der Waals surface area (Å²) < 4.78 is 0. The van der Waals surface area contributed by atoms with Gasteiger partial charge in [0.2, 0.25) is 0 Å². The number of ketones is 1. The van der Waals surface area contributed by atoms with Crippen molar-refractivity contribution >= 4 is 17.4 Å². The number of hydrogen-bond acceptors (Lipinski definition) is 6. The molecule has 3 aromatic rings. The maximum absolute atomic E-state index is 13.2. The molecule has 1 aromatic heterocycles. The molecule has 2 aliphatic heterocycles. The number of benzene rings is 2. The quantitative estimate of drug-likeness (QED) is 0.493. The molecular formula is C27H29N5O2. The number of hydrogen-bond donors (Lipinski definition) is 3. The molecule has 7 heteroatoms. The van der Waals surface area contributed by atoms with Gasteiger partial charge in [0.1, 0.15) is 0 Å². The number of likely N-dealkylation sites (tertiary alicyclic amines) is 1. The Bertz CT molecular complexity index is 1150. The molecule has 5 rings (SSSR count). The number of Topliss-reactive ketones (excluding diaryl/α,β-unsaturated/α-hetero) is 1. The van der Waals surface area contributed by atoms with E-state index in [2.05, 4.69) is 26.1 Å². The highest BCUT2D eigenvalue weighted by Crippen LogP contribution is 2.33. The minimum absolute atomic E-state index is 0.0130. The van der Waals surface area contributed by atoms with Crippen molar-refractivity contribution in [3.05, 3.63) is 95.3 Å². The average Bonchev–Trinajstić information content (AvgIpc) is 3.18. The van der Waals surface area contributed by atoms with Crippen molar-refractivity contribution in [3.63, 3.8) is 0 Å². The molecule has 2 aliphatic rings. The highest BCUT2D eigenvalue weighted by atomic mass is 16.1. The SMILES string of the molecule is O=C(CN1CCCCC(NC(=O)c2ccc3c(c2)C(c2ccncc2)NN3)C1)c1ccccc1. The molecule has 1 amide bonds. The molecule has 0 radical (unpaired) electrons. The van der Waals surface area contributed by atoms with E-state index >= 15 is 0 Å². The number of nitrogens with one attached hydrogen (secondary N) is 3. The van der Waals surface area contributed by atoms with Gasteiger partial charge in [-0.15, -0.1) is 0 Å². The van der Waals surface area contributed by atoms with Crippen LogP contribution in [0.25, 0.3) is 0 Å². The average molecular weight is 456 g/mol. The molecule has 1 fully saturated rings. The van der Waals surface area contributed by atoms with Crippen LogP contribution >= 0.6 is 0 Å². The van der Waals surface area contributed by atoms with Crippen molar-refractivity contribution in [1.29, 1.82) is 0 Å². The molecule has 3 heterocycles. The fraction of sp³-hybridized carbons (Fsp3) is 0.296. The van der Waals surface area contributed by atoms with Crippen molar-refractivity contribution in [2.24, 2.45) is 0 Å². The first-order chi connectivity index (χ1) is 16.7. The zero-order valence-electron chi connectivity index (χ0n) is 19.0. The van der Waals surface area contributed by atoms with Gasteiger partial charge in [0.05, 0.1) is 18.3 Å². The van der Waals surface area contributed by atoms with E-state index in [1.807, 2.05) is 60.7 Å². The second-order valence-electron chi connectivity index (χ2n) is 8.98. The van der Waals surface area contributed by atoms with E-state index in [1.165, 1.54) is 0 Å². The summed E-state index contributed by atoms with van der Waals surface area (Å²) in [5.74, 6) is 0.0396. The molecule has 0 aliphatic carbocycles. The Kier molecular flexibility index (Phi) is 6.65. The molecule has 174 valence electrons. The summed E-state index contributed by atoms with van der Waals surface area (Å²) in [5, 5.41) is 3.22. The molecule has 2 atom stereocenters. The van der Waals surface area contributed by atoms with Gasteiger partial charge in [0, 0.05) is 41.7 Å². The minimum atomic E-state index is -0.0792. The summed E-state index contributed by atoms with van der Waals surface area (Å²) >= 11 is 0. The van der Waals surface area contributed by atoms with Crippen molar-refractivity contribution in [2.45, 2.75) is 31.3 Å². The Morgan fingerprint density at radius 1 is 1.00 bits per heavy atom. The van der Waals surface area contributed by atoms with Crippen LogP contribution in [0.1, 0.15) is 57.1 Å². The van der Waals surface area contributed by atoms with Gasteiger partial charge in [-0.3, -0.25) is 19.5 Å². The summed E-state index contributed by atoms with van der Waals surface area (Å²) in [7, 11) is 0. The maximum atomic E-state index is 13.2. The second-order valence-corrected chi connectivity index (χ2v) is 8.98. The number of fused-ring (bicyclic) bond motifs is 1. The third kappa shape index (κ3) is 5.00. The molecule has 2 unspecified atom stereocenters. The molecule has 1 saturated heterocycles. The third-order valence-electron chi connectivity index (χ3n) is 6.57. The first kappa shape index (κ1) is 22.3. The van der Waals surface area contributed by atoms with Crippen LogP contribution in [0.4, 0.5) is 5.69 Å². The van der Waals surface area contributed by atoms with Crippen LogP contribution in [0.15, 0.2) is 73.1 Å². The highest BCUT2D eigenvalue weighted by molar-refractivity contribution is 5.97. The van der Waals surface area contributed by atoms with Crippen LogP contribution in [-0.2, 0) is 0 Å². The van der Waals surface area contributed by atoms with Gasteiger partial charge in [-0.05, 0) is 55.3 Å². The number of anilines is 1. The van der Waals surface area contributed by atoms with Crippen LogP contribution < -0.4 is 16.2 Å². The predicted octanol–water partition coefficient (Wildman–Crippen LogP) is 3.57. The predicted molar refractivity (Wildman–Crippen MR) is 132 cm³/mol. The zero-order chi connectivity index (χ0) is 23.3. The summed E-state index contributed by atoms with van der Waals surface area (Å²) in [4.78, 5) is 32.1. The summed E-state index contributed by atoms with van der Waals surface area (Å²) in [5.41, 5.74) is 10.9. The lowest BCUT2D eigenvalue weighted by atomic mass is 9.98. The van der Waals surface area contributed by atoms with Crippen molar-refractivity contribution in [3.8, 4) is 0 Å². The molecule has 3 N–H and O–H groups in total. The number of hydrazine groups is 1. The van der Waals surface area contributed by atoms with Crippen molar-refractivity contribution < 1.29 is 9.59 Å². The van der Waals surface area contributed by atoms with E-state index in [0.29, 0.717) is 18.7 Å². The summed E-state index contributed by atoms with van der Waals surface area (Å²) in [6.07, 6.45) is 6.51. The summed E-state index contributed by atoms with van der Waals surface area (Å²) in [6, 6.07) is 19.1. The Morgan fingerprint density at radius 2 is 1.82 bits per heavy atom. The molecule has 0 spiro atoms. The Morgan fingerprint density at radius 3 is 2.65 bits per heavy atom. The van der Waals surface area contributed by atoms with Gasteiger partial charge in [-0.25, -0.2) is 5.43 Å². The Hall–Kier alpha value is -3.55. The number of nitrogens with zero attached hydrogens (tertiary/aromatic N) is 2. The van der Waals surface area contributed by atoms with Gasteiger partial charge < -0.3 is 10.7 Å². The van der Waals surface area contributed by atoms with Gasteiger partial charge in [-0.2, -0.15) is 0 Å². The van der Waals surface area contributed by atoms with E-state index in [1.54, 1.807) is 12.4 Å². The van der Waals surface area contributed by atoms with Gasteiger partial charge in [-0.1, -0.05) is 36.8 Å². The number of carbonyl (C=O) groups excluding carboxylic acids is 2. The van der Waals surface area contributed by atoms with Gasteiger partial charge in [0.25, 0.3) is 5.91 Å². The van der Waals surface area contributed by atoms with E-state index in [4.69, 9.17) is 0 Å². The fourth-order valence-corrected chi connectivity index (χ4v) is 4.77. The molecule has 2 aromatic carbocycles. The lowest BCUT2D eigenvalue weighted by molar-refractivity contribution is 0.0905. The number of carbonyl (C=O) groups is 2. The molecule has 0 saturated carbocycles. The first-order valence-corrected chi connectivity index (χ1v) is 11.8. The lowest BCUT2D eigenvalue weighted by Crippen LogP contribution is -2.44. The first-order valence-electron chi connectivity index (χ1n) is 11.8. The van der Waals surface area contributed by atoms with Crippen LogP contribution in [0.5, 0.6) is 0 Å². The Labute approximate surface area is 199 Å². The normalized spacial score (nSPS) is 20.1. The Balaban J connectivity index is 1.25. The van der Waals surface area contributed by atoms with Crippen molar-refractivity contribution in [2.75, 3.05) is 25.1 Å². The van der Waals surface area contributed by atoms with Crippen LogP contribution in [0.2, 0.25) is 0 Å². The van der Waals surface area contributed by atoms with Crippen molar-refractivity contribution in [1.82, 2.24) is 20.6 Å². The van der Waals surface area contributed by atoms with Gasteiger partial charge in [0.15, 0.2) is 5.78 Å². The molecule has 0 bridgehead atoms. The number of rotatable bonds is 6. The topological polar surface area (TPSA) is 86.4 Å². The largest absolute Gasteiger partial charge is 0.348 e. The highest BCUT2D eigenvalue weighted by Gasteiger charge is 2.26. The second kappa shape index (κ2) is 10.2. The summed E-state index contributed by atoms with van der Waals surface area (Å²) in [6.45, 7) is 1.92. The van der Waals surface area contributed by atoms with E-state index in [0.717, 1.165) is 48.2 Å². The number of amides is 1. The lowest BCUT2D eigenvalue weighted by Gasteiger charge is -2.24. The zero-order valence-corrected chi connectivity index (χ0v) is 19.0. The standard InChI is InChI=1S/C27H29N5O2/c33-25(19-6-2-1-3-7-19)18-32-15-5-4-8-22(17-32)29-27(34)21-9-10-24-23(16-21)26(31-30-24)20-11-13-28-14-12-20/h1-3,6-7,9-14,16,22,26,30-31H,4-5,8,15,17-18H2,(H,29,34). The van der Waals surface area contributed by atoms with Crippen LogP contribution in [0.3, 0.4) is 0 Å². The maximum Gasteiger partial charge on any atom is 0.251 e. The molecule has 7 nitrogen and oxygen atoms in total. The molecule has 34 heavy (non-hydrogen) atoms. The van der Waals surface area contributed by atoms with Crippen LogP contribution in [0, 0.1) is 0 Å². The third-order valence-corrected chi connectivity index (χ3v) is 6.57. The molecular weight excluding hydrogens is 426 g/mol. The van der Waals surface area contributed by atoms with E-state index in [-0.39, 0.29) is 23.8 Å².